The van der Waals surface area contributed by atoms with Crippen molar-refractivity contribution in [3.05, 3.63) is 67.7 Å². The highest BCUT2D eigenvalue weighted by atomic mass is 35.5. The van der Waals surface area contributed by atoms with Gasteiger partial charge in [0.2, 0.25) is 0 Å². The Bertz CT molecular complexity index is 1220. The molecule has 3 rings (SSSR count). The van der Waals surface area contributed by atoms with Crippen molar-refractivity contribution in [3.8, 4) is 28.8 Å². The number of methoxy groups -OCH3 is 2. The van der Waals surface area contributed by atoms with Gasteiger partial charge in [-0.1, -0.05) is 48.9 Å². The summed E-state index contributed by atoms with van der Waals surface area (Å²) in [5, 5.41) is 1.30. The first-order valence-electron chi connectivity index (χ1n) is 11.1. The predicted octanol–water partition coefficient (Wildman–Crippen LogP) is 6.96. The second-order valence-electron chi connectivity index (χ2n) is 8.15. The van der Waals surface area contributed by atoms with Crippen LogP contribution in [-0.4, -0.2) is 19.2 Å². The maximum atomic E-state index is 14.4. The number of rotatable bonds is 8. The highest BCUT2D eigenvalue weighted by molar-refractivity contribution is 7.12. The van der Waals surface area contributed by atoms with Gasteiger partial charge < -0.3 is 15.2 Å². The number of nitrogens with two attached hydrogens (primary N) is 1. The van der Waals surface area contributed by atoms with Gasteiger partial charge in [0.05, 0.1) is 24.4 Å². The molecule has 1 heterocycles. The van der Waals surface area contributed by atoms with E-state index in [9.17, 15) is 4.39 Å². The second-order valence-corrected chi connectivity index (χ2v) is 9.79. The Morgan fingerprint density at radius 2 is 1.94 bits per heavy atom. The van der Waals surface area contributed by atoms with E-state index in [2.05, 4.69) is 18.8 Å². The van der Waals surface area contributed by atoms with Crippen molar-refractivity contribution in [3.63, 3.8) is 0 Å². The molecule has 180 valence electrons. The van der Waals surface area contributed by atoms with Crippen LogP contribution in [0.15, 0.2) is 30.3 Å². The van der Waals surface area contributed by atoms with Crippen molar-refractivity contribution in [2.24, 2.45) is 5.73 Å². The molecule has 34 heavy (non-hydrogen) atoms. The lowest BCUT2D eigenvalue weighted by Gasteiger charge is -2.12. The van der Waals surface area contributed by atoms with Crippen molar-refractivity contribution in [1.29, 1.82) is 0 Å². The molecule has 0 spiro atoms. The molecule has 0 radical (unpaired) electrons. The van der Waals surface area contributed by atoms with Gasteiger partial charge >= 0.3 is 0 Å². The van der Waals surface area contributed by atoms with Crippen LogP contribution in [-0.2, 0) is 11.3 Å². The molecular weight excluding hydrogens is 471 g/mol. The lowest BCUT2D eigenvalue weighted by atomic mass is 9.93. The summed E-state index contributed by atoms with van der Waals surface area (Å²) in [7, 11) is 3.17. The lowest BCUT2D eigenvalue weighted by molar-refractivity contribution is 0.181. The number of aromatic nitrogens is 1. The molecule has 3 aromatic rings. The van der Waals surface area contributed by atoms with E-state index in [0.29, 0.717) is 10.6 Å². The average Bonchev–Trinajstić information content (AvgIpc) is 3.20. The molecular formula is C27H30ClFN2O2S. The second kappa shape index (κ2) is 11.8. The molecule has 7 heteroatoms. The van der Waals surface area contributed by atoms with Crippen molar-refractivity contribution < 1.29 is 13.9 Å². The minimum Gasteiger partial charge on any atom is -0.496 e. The maximum Gasteiger partial charge on any atom is 0.129 e. The van der Waals surface area contributed by atoms with Gasteiger partial charge in [-0.3, -0.25) is 0 Å². The highest BCUT2D eigenvalue weighted by Gasteiger charge is 2.18. The quantitative estimate of drug-likeness (QED) is 0.339. The van der Waals surface area contributed by atoms with Gasteiger partial charge in [-0.2, -0.15) is 0 Å². The zero-order chi connectivity index (χ0) is 24.8. The van der Waals surface area contributed by atoms with E-state index in [1.807, 2.05) is 26.0 Å². The molecule has 0 aliphatic heterocycles. The van der Waals surface area contributed by atoms with Crippen LogP contribution in [0, 0.1) is 31.5 Å². The molecule has 1 aromatic heterocycles. The molecule has 1 unspecified atom stereocenters. The standard InChI is InChI=1S/C27H30ClFN2O2S/c1-6-7-18(19-8-9-20(15-32-4)23(29)13-19)10-11-24(30)27-31-26(17(3)34-27)21-12-16(2)25(33-5)14-22(21)28/h8-9,12-14,18,24H,6-7,15,30H2,1-5H3/t18-,24?/m1/s1. The number of halogens is 2. The molecule has 0 fully saturated rings. The molecule has 2 aromatic carbocycles. The summed E-state index contributed by atoms with van der Waals surface area (Å²) >= 11 is 8.02. The fourth-order valence-corrected chi connectivity index (χ4v) is 4.91. The number of ether oxygens (including phenoxy) is 2. The minimum atomic E-state index is -0.549. The van der Waals surface area contributed by atoms with Crippen LogP contribution in [0.2, 0.25) is 5.02 Å². The summed E-state index contributed by atoms with van der Waals surface area (Å²) in [5.41, 5.74) is 10.4. The number of hydrogen-bond donors (Lipinski definition) is 1. The summed E-state index contributed by atoms with van der Waals surface area (Å²) in [6.07, 6.45) is 1.73. The van der Waals surface area contributed by atoms with Crippen molar-refractivity contribution in [1.82, 2.24) is 4.98 Å². The van der Waals surface area contributed by atoms with E-state index in [4.69, 9.17) is 31.8 Å². The number of aryl methyl sites for hydroxylation is 2. The summed E-state index contributed by atoms with van der Waals surface area (Å²) in [5.74, 6) is 6.77. The van der Waals surface area contributed by atoms with Crippen molar-refractivity contribution >= 4 is 22.9 Å². The van der Waals surface area contributed by atoms with Crippen molar-refractivity contribution in [2.75, 3.05) is 14.2 Å². The molecule has 4 nitrogen and oxygen atoms in total. The molecule has 2 N–H and O–H groups in total. The number of thiazole rings is 1. The van der Waals surface area contributed by atoms with Crippen LogP contribution in [0.1, 0.15) is 58.3 Å². The van der Waals surface area contributed by atoms with Gasteiger partial charge in [-0.05, 0) is 49.6 Å². The highest BCUT2D eigenvalue weighted by Crippen LogP contribution is 2.37. The Balaban J connectivity index is 1.87. The summed E-state index contributed by atoms with van der Waals surface area (Å²) in [4.78, 5) is 5.79. The SMILES string of the molecule is CCC[C@H](C#CC(N)c1nc(-c2cc(C)c(OC)cc2Cl)c(C)s1)c1ccc(COC)c(F)c1. The van der Waals surface area contributed by atoms with E-state index in [1.165, 1.54) is 11.3 Å². The Labute approximate surface area is 210 Å². The largest absolute Gasteiger partial charge is 0.496 e. The monoisotopic (exact) mass is 500 g/mol. The molecule has 0 bridgehead atoms. The first-order valence-corrected chi connectivity index (χ1v) is 12.3. The lowest BCUT2D eigenvalue weighted by Crippen LogP contribution is -2.08. The Hall–Kier alpha value is -2.43. The Kier molecular flexibility index (Phi) is 9.10. The van der Waals surface area contributed by atoms with Gasteiger partial charge in [0, 0.05) is 29.0 Å². The Morgan fingerprint density at radius 1 is 1.18 bits per heavy atom. The van der Waals surface area contributed by atoms with E-state index >= 15 is 0 Å². The van der Waals surface area contributed by atoms with Gasteiger partial charge in [0.15, 0.2) is 0 Å². The molecule has 0 amide bonds. The third-order valence-electron chi connectivity index (χ3n) is 5.59. The predicted molar refractivity (Wildman–Crippen MR) is 138 cm³/mol. The van der Waals surface area contributed by atoms with E-state index in [0.717, 1.165) is 50.9 Å². The zero-order valence-corrected chi connectivity index (χ0v) is 21.7. The average molecular weight is 501 g/mol. The van der Waals surface area contributed by atoms with Gasteiger partial charge in [-0.15, -0.1) is 11.3 Å². The third kappa shape index (κ3) is 5.97. The fraction of sp³-hybridized carbons (Fsp3) is 0.370. The van der Waals surface area contributed by atoms with Crippen LogP contribution in [0.5, 0.6) is 5.75 Å². The summed E-state index contributed by atoms with van der Waals surface area (Å²) in [6.45, 7) is 6.29. The van der Waals surface area contributed by atoms with Gasteiger partial charge in [0.1, 0.15) is 22.6 Å². The first kappa shape index (κ1) is 26.2. The van der Waals surface area contributed by atoms with E-state index in [-0.39, 0.29) is 18.3 Å². The number of benzene rings is 2. The molecule has 0 aliphatic rings. The van der Waals surface area contributed by atoms with E-state index < -0.39 is 6.04 Å². The van der Waals surface area contributed by atoms with Crippen LogP contribution >= 0.6 is 22.9 Å². The first-order chi connectivity index (χ1) is 16.3. The topological polar surface area (TPSA) is 57.4 Å². The van der Waals surface area contributed by atoms with Crippen LogP contribution in [0.25, 0.3) is 11.3 Å². The zero-order valence-electron chi connectivity index (χ0n) is 20.2. The van der Waals surface area contributed by atoms with Gasteiger partial charge in [0.25, 0.3) is 0 Å². The van der Waals surface area contributed by atoms with Crippen LogP contribution < -0.4 is 10.5 Å². The van der Waals surface area contributed by atoms with Crippen molar-refractivity contribution in [2.45, 2.75) is 52.2 Å². The number of nitrogens with zero attached hydrogens (tertiary/aromatic N) is 1. The third-order valence-corrected chi connectivity index (χ3v) is 6.96. The number of hydrogen-bond acceptors (Lipinski definition) is 5. The molecule has 2 atom stereocenters. The minimum absolute atomic E-state index is 0.110. The molecule has 0 saturated heterocycles. The summed E-state index contributed by atoms with van der Waals surface area (Å²) in [6, 6.07) is 8.45. The van der Waals surface area contributed by atoms with Crippen LogP contribution in [0.4, 0.5) is 4.39 Å². The maximum absolute atomic E-state index is 14.4. The Morgan fingerprint density at radius 3 is 2.59 bits per heavy atom. The fourth-order valence-electron chi connectivity index (χ4n) is 3.78. The van der Waals surface area contributed by atoms with Crippen LogP contribution in [0.3, 0.4) is 0 Å². The molecule has 0 saturated carbocycles. The van der Waals surface area contributed by atoms with E-state index in [1.54, 1.807) is 32.4 Å². The van der Waals surface area contributed by atoms with Gasteiger partial charge in [-0.25, -0.2) is 9.37 Å². The summed E-state index contributed by atoms with van der Waals surface area (Å²) < 4.78 is 24.8. The smallest absolute Gasteiger partial charge is 0.129 e. The normalized spacial score (nSPS) is 12.7. The molecule has 0 aliphatic carbocycles.